The molecule has 0 saturated carbocycles. The van der Waals surface area contributed by atoms with Crippen LogP contribution < -0.4 is 10.6 Å². The molecule has 0 bridgehead atoms. The van der Waals surface area contributed by atoms with Crippen LogP contribution in [0.15, 0.2) is 78.9 Å². The zero-order valence-corrected chi connectivity index (χ0v) is 24.5. The van der Waals surface area contributed by atoms with E-state index in [0.29, 0.717) is 12.8 Å². The van der Waals surface area contributed by atoms with Crippen molar-refractivity contribution in [3.63, 3.8) is 0 Å². The highest BCUT2D eigenvalue weighted by Crippen LogP contribution is 2.51. The number of benzene rings is 3. The summed E-state index contributed by atoms with van der Waals surface area (Å²) in [6, 6.07) is 25.8. The topological polar surface area (TPSA) is 61.4 Å². The molecule has 1 aliphatic carbocycles. The van der Waals surface area contributed by atoms with Crippen LogP contribution in [0.1, 0.15) is 42.4 Å². The highest BCUT2D eigenvalue weighted by atomic mass is 127. The maximum absolute atomic E-state index is 13.7. The molecule has 5 rings (SSSR count). The quantitative estimate of drug-likeness (QED) is 0.149. The summed E-state index contributed by atoms with van der Waals surface area (Å²) in [5.74, 6) is -0.291. The Kier molecular flexibility index (Phi) is 8.85. The van der Waals surface area contributed by atoms with E-state index in [-0.39, 0.29) is 17.9 Å². The van der Waals surface area contributed by atoms with Crippen molar-refractivity contribution in [3.05, 3.63) is 95.6 Å². The molecule has 0 atom stereocenters. The van der Waals surface area contributed by atoms with Gasteiger partial charge in [0.2, 0.25) is 11.8 Å². The number of aryl methyl sites for hydroxylation is 1. The summed E-state index contributed by atoms with van der Waals surface area (Å²) in [5.41, 5.74) is 3.90. The predicted molar refractivity (Wildman–Crippen MR) is 162 cm³/mol. The van der Waals surface area contributed by atoms with Crippen molar-refractivity contribution < 1.29 is 18.4 Å². The van der Waals surface area contributed by atoms with Crippen LogP contribution in [0.5, 0.6) is 0 Å². The molecule has 210 valence electrons. The summed E-state index contributed by atoms with van der Waals surface area (Å²) in [4.78, 5) is 28.4. The third kappa shape index (κ3) is 6.38. The van der Waals surface area contributed by atoms with Crippen molar-refractivity contribution in [1.29, 1.82) is 0 Å². The van der Waals surface area contributed by atoms with E-state index in [9.17, 15) is 18.4 Å². The third-order valence-electron chi connectivity index (χ3n) is 7.98. The molecule has 0 aromatic heterocycles. The van der Waals surface area contributed by atoms with Gasteiger partial charge in [0, 0.05) is 42.1 Å². The van der Waals surface area contributed by atoms with Gasteiger partial charge in [0.05, 0.1) is 12.6 Å². The average Bonchev–Trinajstić information content (AvgIpc) is 3.22. The zero-order chi connectivity index (χ0) is 28.2. The molecule has 0 unspecified atom stereocenters. The van der Waals surface area contributed by atoms with Gasteiger partial charge in [0.15, 0.2) is 0 Å². The Balaban J connectivity index is 1.16. The van der Waals surface area contributed by atoms with E-state index in [4.69, 9.17) is 0 Å². The first-order chi connectivity index (χ1) is 19.3. The van der Waals surface area contributed by atoms with E-state index in [1.165, 1.54) is 0 Å². The van der Waals surface area contributed by atoms with E-state index < -0.39 is 15.9 Å². The number of amides is 2. The fourth-order valence-electron chi connectivity index (χ4n) is 6.06. The molecule has 3 aromatic rings. The molecule has 3 aromatic carbocycles. The number of alkyl halides is 3. The van der Waals surface area contributed by atoms with Gasteiger partial charge in [-0.3, -0.25) is 14.5 Å². The van der Waals surface area contributed by atoms with Gasteiger partial charge >= 0.3 is 3.93 Å². The number of nitrogens with one attached hydrogen (secondary N) is 2. The number of unbranched alkanes of at least 4 members (excludes halogenated alkanes) is 1. The largest absolute Gasteiger partial charge is 0.351 e. The molecule has 5 nitrogen and oxygen atoms in total. The van der Waals surface area contributed by atoms with Gasteiger partial charge in [-0.05, 0) is 53.6 Å². The lowest BCUT2D eigenvalue weighted by atomic mass is 9.73. The second kappa shape index (κ2) is 12.3. The van der Waals surface area contributed by atoms with Gasteiger partial charge in [0.1, 0.15) is 5.41 Å². The smallest absolute Gasteiger partial charge is 0.313 e. The Morgan fingerprint density at radius 1 is 0.900 bits per heavy atom. The summed E-state index contributed by atoms with van der Waals surface area (Å²) in [7, 11) is 0. The molecule has 2 N–H and O–H groups in total. The van der Waals surface area contributed by atoms with Crippen LogP contribution in [-0.2, 0) is 21.4 Å². The number of nitrogens with zero attached hydrogens (tertiary/aromatic N) is 1. The van der Waals surface area contributed by atoms with Gasteiger partial charge in [0.25, 0.3) is 0 Å². The van der Waals surface area contributed by atoms with Crippen molar-refractivity contribution >= 4 is 34.4 Å². The number of hydrogen-bond acceptors (Lipinski definition) is 3. The highest BCUT2D eigenvalue weighted by Gasteiger charge is 2.49. The molecule has 1 heterocycles. The summed E-state index contributed by atoms with van der Waals surface area (Å²) in [6.45, 7) is 1.80. The maximum atomic E-state index is 13.7. The van der Waals surface area contributed by atoms with Crippen molar-refractivity contribution in [3.8, 4) is 11.1 Å². The van der Waals surface area contributed by atoms with Gasteiger partial charge in [-0.2, -0.15) is 8.78 Å². The number of rotatable bonds is 12. The maximum Gasteiger partial charge on any atom is 0.313 e. The molecule has 40 heavy (non-hydrogen) atoms. The Hall–Kier alpha value is -2.85. The van der Waals surface area contributed by atoms with Gasteiger partial charge in [-0.15, -0.1) is 0 Å². The van der Waals surface area contributed by atoms with Crippen LogP contribution in [0.25, 0.3) is 11.1 Å². The molecule has 1 fully saturated rings. The normalized spacial score (nSPS) is 16.1. The van der Waals surface area contributed by atoms with Crippen LogP contribution in [-0.4, -0.2) is 52.9 Å². The molecule has 8 heteroatoms. The van der Waals surface area contributed by atoms with E-state index >= 15 is 0 Å². The van der Waals surface area contributed by atoms with Crippen LogP contribution in [0.3, 0.4) is 0 Å². The van der Waals surface area contributed by atoms with Crippen LogP contribution in [0, 0.1) is 0 Å². The molecule has 1 saturated heterocycles. The summed E-state index contributed by atoms with van der Waals surface area (Å²) in [6.07, 6.45) is 3.39. The minimum absolute atomic E-state index is 0.0807. The lowest BCUT2D eigenvalue weighted by molar-refractivity contribution is -0.126. The molecule has 2 amide bonds. The number of halogens is 3. The molecular formula is C32H34F2IN3O2. The lowest BCUT2D eigenvalue weighted by Gasteiger charge is -2.40. The molecule has 2 aliphatic rings. The fraction of sp³-hybridized carbons (Fsp3) is 0.375. The second-order valence-corrected chi connectivity index (χ2v) is 12.3. The predicted octanol–water partition coefficient (Wildman–Crippen LogP) is 5.70. The van der Waals surface area contributed by atoms with Crippen LogP contribution in [0.4, 0.5) is 8.78 Å². The third-order valence-corrected chi connectivity index (χ3v) is 8.36. The van der Waals surface area contributed by atoms with Crippen molar-refractivity contribution in [2.24, 2.45) is 0 Å². The van der Waals surface area contributed by atoms with E-state index in [1.807, 2.05) is 78.9 Å². The minimum Gasteiger partial charge on any atom is -0.351 e. The summed E-state index contributed by atoms with van der Waals surface area (Å²) in [5, 5.41) is 5.68. The second-order valence-electron chi connectivity index (χ2n) is 10.8. The van der Waals surface area contributed by atoms with Crippen LogP contribution >= 0.6 is 22.6 Å². The minimum atomic E-state index is -3.02. The standard InChI is InChI=1S/C32H34F2IN3O2/c33-32(34,35)22-36-30(40)31(27-14-6-4-12-25(27)26-13-5-7-15-28(26)31)18-8-9-19-38-20-24(21-38)37-29(39)17-16-23-10-2-1-3-11-23/h1-7,10-15,24H,8-9,16-22H2,(H,36,40)(H,37,39). The lowest BCUT2D eigenvalue weighted by Crippen LogP contribution is -2.59. The SMILES string of the molecule is O=C(CCc1ccccc1)NC1CN(CCCCC2(C(=O)NCC(F)(F)I)c3ccccc3-c3ccccc32)C1. The first-order valence-electron chi connectivity index (χ1n) is 13.9. The zero-order valence-electron chi connectivity index (χ0n) is 22.3. The Labute approximate surface area is 247 Å². The molecular weight excluding hydrogens is 623 g/mol. The number of likely N-dealkylation sites (tertiary alicyclic amines) is 1. The van der Waals surface area contributed by atoms with E-state index in [2.05, 4.69) is 15.5 Å². The fourth-order valence-corrected chi connectivity index (χ4v) is 6.25. The average molecular weight is 658 g/mol. The number of carbonyl (C=O) groups excluding carboxylic acids is 2. The molecule has 0 spiro atoms. The van der Waals surface area contributed by atoms with Crippen LogP contribution in [0.2, 0.25) is 0 Å². The Morgan fingerprint density at radius 3 is 2.12 bits per heavy atom. The molecule has 1 aliphatic heterocycles. The number of hydrogen-bond donors (Lipinski definition) is 2. The summed E-state index contributed by atoms with van der Waals surface area (Å²) < 4.78 is 24.4. The van der Waals surface area contributed by atoms with Crippen molar-refractivity contribution in [1.82, 2.24) is 15.5 Å². The first-order valence-corrected chi connectivity index (χ1v) is 14.9. The van der Waals surface area contributed by atoms with Crippen molar-refractivity contribution in [2.45, 2.75) is 47.5 Å². The monoisotopic (exact) mass is 657 g/mol. The van der Waals surface area contributed by atoms with E-state index in [0.717, 1.165) is 89.3 Å². The van der Waals surface area contributed by atoms with Gasteiger partial charge in [-0.25, -0.2) is 0 Å². The highest BCUT2D eigenvalue weighted by molar-refractivity contribution is 14.1. The number of fused-ring (bicyclic) bond motifs is 3. The molecule has 0 radical (unpaired) electrons. The van der Waals surface area contributed by atoms with Gasteiger partial charge in [-0.1, -0.05) is 85.3 Å². The van der Waals surface area contributed by atoms with Gasteiger partial charge < -0.3 is 10.6 Å². The first kappa shape index (κ1) is 28.7. The Bertz CT molecular complexity index is 1290. The van der Waals surface area contributed by atoms with E-state index in [1.54, 1.807) is 0 Å². The summed E-state index contributed by atoms with van der Waals surface area (Å²) >= 11 is 1.07. The Morgan fingerprint density at radius 2 is 1.50 bits per heavy atom. The number of carbonyl (C=O) groups is 2. The van der Waals surface area contributed by atoms with Crippen molar-refractivity contribution in [2.75, 3.05) is 26.2 Å².